The number of rotatable bonds is 2. The van der Waals surface area contributed by atoms with Crippen molar-refractivity contribution >= 4 is 17.7 Å². The fourth-order valence-electron chi connectivity index (χ4n) is 2.13. The smallest absolute Gasteiger partial charge is 0.242 e. The summed E-state index contributed by atoms with van der Waals surface area (Å²) < 4.78 is 0. The SMILES string of the molecule is O=C(CN1C(=O)CCCC1=O)N1CCNCC1. The lowest BCUT2D eigenvalue weighted by Crippen LogP contribution is -2.52. The van der Waals surface area contributed by atoms with E-state index < -0.39 is 0 Å². The number of nitrogens with zero attached hydrogens (tertiary/aromatic N) is 2. The molecule has 0 aromatic rings. The van der Waals surface area contributed by atoms with Gasteiger partial charge in [0, 0.05) is 39.0 Å². The Labute approximate surface area is 99.9 Å². The quantitative estimate of drug-likeness (QED) is 0.625. The zero-order chi connectivity index (χ0) is 12.3. The molecular weight excluding hydrogens is 222 g/mol. The molecule has 0 bridgehead atoms. The van der Waals surface area contributed by atoms with Gasteiger partial charge in [0.15, 0.2) is 0 Å². The van der Waals surface area contributed by atoms with Crippen molar-refractivity contribution in [3.8, 4) is 0 Å². The summed E-state index contributed by atoms with van der Waals surface area (Å²) in [5, 5.41) is 3.15. The van der Waals surface area contributed by atoms with Gasteiger partial charge < -0.3 is 10.2 Å². The molecule has 2 rings (SSSR count). The Morgan fingerprint density at radius 3 is 2.29 bits per heavy atom. The largest absolute Gasteiger partial charge is 0.339 e. The lowest BCUT2D eigenvalue weighted by atomic mass is 10.1. The van der Waals surface area contributed by atoms with Gasteiger partial charge in [-0.05, 0) is 6.42 Å². The van der Waals surface area contributed by atoms with Crippen LogP contribution in [0.25, 0.3) is 0 Å². The van der Waals surface area contributed by atoms with E-state index in [0.29, 0.717) is 32.4 Å². The van der Waals surface area contributed by atoms with Gasteiger partial charge in [-0.1, -0.05) is 0 Å². The minimum atomic E-state index is -0.218. The molecule has 0 spiro atoms. The first-order valence-electron chi connectivity index (χ1n) is 6.00. The Morgan fingerprint density at radius 1 is 1.12 bits per heavy atom. The van der Waals surface area contributed by atoms with Crippen LogP contribution in [0.15, 0.2) is 0 Å². The maximum absolute atomic E-state index is 11.9. The summed E-state index contributed by atoms with van der Waals surface area (Å²) in [5.41, 5.74) is 0. The van der Waals surface area contributed by atoms with Gasteiger partial charge in [-0.2, -0.15) is 0 Å². The third kappa shape index (κ3) is 2.82. The van der Waals surface area contributed by atoms with Crippen molar-refractivity contribution in [1.29, 1.82) is 0 Å². The lowest BCUT2D eigenvalue weighted by molar-refractivity contribution is -0.152. The van der Waals surface area contributed by atoms with Crippen molar-refractivity contribution in [3.63, 3.8) is 0 Å². The molecule has 0 radical (unpaired) electrons. The molecule has 94 valence electrons. The van der Waals surface area contributed by atoms with Crippen LogP contribution < -0.4 is 5.32 Å². The van der Waals surface area contributed by atoms with E-state index in [2.05, 4.69) is 5.32 Å². The number of amides is 3. The maximum Gasteiger partial charge on any atom is 0.242 e. The van der Waals surface area contributed by atoms with E-state index in [1.54, 1.807) is 4.90 Å². The van der Waals surface area contributed by atoms with Crippen LogP contribution in [0.1, 0.15) is 19.3 Å². The van der Waals surface area contributed by atoms with Crippen LogP contribution in [-0.2, 0) is 14.4 Å². The number of nitrogens with one attached hydrogen (secondary N) is 1. The molecule has 6 nitrogen and oxygen atoms in total. The van der Waals surface area contributed by atoms with Gasteiger partial charge in [-0.3, -0.25) is 19.3 Å². The molecule has 2 aliphatic rings. The van der Waals surface area contributed by atoms with E-state index in [1.165, 1.54) is 0 Å². The standard InChI is InChI=1S/C11H17N3O3/c15-9-2-1-3-10(16)14(9)8-11(17)13-6-4-12-5-7-13/h12H,1-8H2. The summed E-state index contributed by atoms with van der Waals surface area (Å²) >= 11 is 0. The maximum atomic E-state index is 11.9. The predicted molar refractivity (Wildman–Crippen MR) is 60.0 cm³/mol. The first kappa shape index (κ1) is 12.0. The number of hydrogen-bond acceptors (Lipinski definition) is 4. The Bertz CT molecular complexity index is 321. The average molecular weight is 239 g/mol. The number of piperazine rings is 1. The molecule has 0 unspecified atom stereocenters. The zero-order valence-electron chi connectivity index (χ0n) is 9.78. The van der Waals surface area contributed by atoms with Crippen LogP contribution in [-0.4, -0.2) is 60.2 Å². The third-order valence-electron chi connectivity index (χ3n) is 3.15. The number of hydrogen-bond donors (Lipinski definition) is 1. The van der Waals surface area contributed by atoms with Crippen LogP contribution in [0.5, 0.6) is 0 Å². The van der Waals surface area contributed by atoms with Crippen molar-refractivity contribution in [3.05, 3.63) is 0 Å². The monoisotopic (exact) mass is 239 g/mol. The highest BCUT2D eigenvalue weighted by Gasteiger charge is 2.29. The molecule has 6 heteroatoms. The van der Waals surface area contributed by atoms with E-state index in [0.717, 1.165) is 18.0 Å². The first-order chi connectivity index (χ1) is 8.18. The highest BCUT2D eigenvalue weighted by Crippen LogP contribution is 2.12. The van der Waals surface area contributed by atoms with Crippen molar-refractivity contribution in [1.82, 2.24) is 15.1 Å². The minimum absolute atomic E-state index is 0.0856. The van der Waals surface area contributed by atoms with E-state index in [4.69, 9.17) is 0 Å². The first-order valence-corrected chi connectivity index (χ1v) is 6.00. The number of carbonyl (C=O) groups excluding carboxylic acids is 3. The molecule has 0 aromatic heterocycles. The van der Waals surface area contributed by atoms with E-state index >= 15 is 0 Å². The summed E-state index contributed by atoms with van der Waals surface area (Å²) in [4.78, 5) is 37.8. The third-order valence-corrected chi connectivity index (χ3v) is 3.15. The summed E-state index contributed by atoms with van der Waals surface area (Å²) in [6.45, 7) is 2.75. The Kier molecular flexibility index (Phi) is 3.73. The molecule has 2 heterocycles. The Balaban J connectivity index is 1.92. The van der Waals surface area contributed by atoms with Gasteiger partial charge in [0.05, 0.1) is 0 Å². The molecule has 2 fully saturated rings. The van der Waals surface area contributed by atoms with Crippen LogP contribution in [0.2, 0.25) is 0 Å². The van der Waals surface area contributed by atoms with Gasteiger partial charge in [-0.25, -0.2) is 0 Å². The lowest BCUT2D eigenvalue weighted by Gasteiger charge is -2.31. The van der Waals surface area contributed by atoms with Crippen molar-refractivity contribution < 1.29 is 14.4 Å². The predicted octanol–water partition coefficient (Wildman–Crippen LogP) is -1.04. The van der Waals surface area contributed by atoms with Crippen LogP contribution >= 0.6 is 0 Å². The minimum Gasteiger partial charge on any atom is -0.339 e. The summed E-state index contributed by atoms with van der Waals surface area (Å²) in [6.07, 6.45) is 1.36. The summed E-state index contributed by atoms with van der Waals surface area (Å²) in [7, 11) is 0. The number of imide groups is 1. The van der Waals surface area contributed by atoms with Crippen molar-refractivity contribution in [2.45, 2.75) is 19.3 Å². The van der Waals surface area contributed by atoms with E-state index in [1.807, 2.05) is 0 Å². The highest BCUT2D eigenvalue weighted by atomic mass is 16.2. The van der Waals surface area contributed by atoms with E-state index in [-0.39, 0.29) is 24.3 Å². The molecule has 0 aromatic carbocycles. The van der Waals surface area contributed by atoms with Gasteiger partial charge in [-0.15, -0.1) is 0 Å². The van der Waals surface area contributed by atoms with E-state index in [9.17, 15) is 14.4 Å². The Morgan fingerprint density at radius 2 is 1.71 bits per heavy atom. The van der Waals surface area contributed by atoms with Gasteiger partial charge in [0.1, 0.15) is 6.54 Å². The molecule has 1 N–H and O–H groups in total. The van der Waals surface area contributed by atoms with Crippen LogP contribution in [0, 0.1) is 0 Å². The zero-order valence-corrected chi connectivity index (χ0v) is 9.78. The summed E-state index contributed by atoms with van der Waals surface area (Å²) in [5.74, 6) is -0.565. The Hall–Kier alpha value is -1.43. The van der Waals surface area contributed by atoms with Crippen molar-refractivity contribution in [2.24, 2.45) is 0 Å². The van der Waals surface area contributed by atoms with Gasteiger partial charge in [0.25, 0.3) is 0 Å². The molecule has 2 saturated heterocycles. The second kappa shape index (κ2) is 5.27. The number of piperidine rings is 1. The summed E-state index contributed by atoms with van der Waals surface area (Å²) in [6, 6.07) is 0. The number of carbonyl (C=O) groups is 3. The second-order valence-corrected chi connectivity index (χ2v) is 4.36. The fourth-order valence-corrected chi connectivity index (χ4v) is 2.13. The van der Waals surface area contributed by atoms with Crippen molar-refractivity contribution in [2.75, 3.05) is 32.7 Å². The second-order valence-electron chi connectivity index (χ2n) is 4.36. The normalized spacial score (nSPS) is 21.9. The molecule has 17 heavy (non-hydrogen) atoms. The molecular formula is C11H17N3O3. The number of likely N-dealkylation sites (tertiary alicyclic amines) is 1. The molecule has 3 amide bonds. The molecule has 0 saturated carbocycles. The van der Waals surface area contributed by atoms with Gasteiger partial charge >= 0.3 is 0 Å². The van der Waals surface area contributed by atoms with Crippen LogP contribution in [0.3, 0.4) is 0 Å². The van der Waals surface area contributed by atoms with Crippen LogP contribution in [0.4, 0.5) is 0 Å². The van der Waals surface area contributed by atoms with Gasteiger partial charge in [0.2, 0.25) is 17.7 Å². The topological polar surface area (TPSA) is 69.7 Å². The molecule has 2 aliphatic heterocycles. The molecule has 0 atom stereocenters. The average Bonchev–Trinajstić information content (AvgIpc) is 2.35. The highest BCUT2D eigenvalue weighted by molar-refractivity contribution is 6.00. The fraction of sp³-hybridized carbons (Fsp3) is 0.727. The molecule has 0 aliphatic carbocycles.